The lowest BCUT2D eigenvalue weighted by atomic mass is 10.0. The monoisotopic (exact) mass is 242 g/mol. The first kappa shape index (κ1) is 11.6. The number of hydrogen-bond donors (Lipinski definition) is 1. The van der Waals surface area contributed by atoms with E-state index in [2.05, 4.69) is 11.0 Å². The molecule has 1 aliphatic heterocycles. The predicted molar refractivity (Wildman–Crippen MR) is 70.3 cm³/mol. The van der Waals surface area contributed by atoms with Gasteiger partial charge in [-0.3, -0.25) is 0 Å². The number of aliphatic hydroxyl groups is 1. The molecule has 1 saturated carbocycles. The van der Waals surface area contributed by atoms with Gasteiger partial charge in [0, 0.05) is 23.8 Å². The van der Waals surface area contributed by atoms with Crippen molar-refractivity contribution in [3.05, 3.63) is 29.3 Å². The van der Waals surface area contributed by atoms with E-state index in [0.717, 1.165) is 23.7 Å². The highest BCUT2D eigenvalue weighted by atomic mass is 16.3. The molecular weight excluding hydrogens is 224 g/mol. The molecule has 2 fully saturated rings. The molecule has 1 saturated heterocycles. The molecule has 1 heterocycles. The predicted octanol–water partition coefficient (Wildman–Crippen LogP) is 2.60. The molecule has 94 valence electrons. The summed E-state index contributed by atoms with van der Waals surface area (Å²) >= 11 is 0. The normalized spacial score (nSPS) is 27.3. The molecular formula is C15H18N2O. The van der Waals surface area contributed by atoms with Crippen LogP contribution in [-0.2, 0) is 0 Å². The molecule has 0 radical (unpaired) electrons. The topological polar surface area (TPSA) is 47.3 Å². The van der Waals surface area contributed by atoms with Gasteiger partial charge in [0.15, 0.2) is 0 Å². The summed E-state index contributed by atoms with van der Waals surface area (Å²) in [5.41, 5.74) is 2.69. The molecule has 2 aliphatic rings. The Morgan fingerprint density at radius 1 is 1.44 bits per heavy atom. The van der Waals surface area contributed by atoms with Crippen molar-refractivity contribution in [2.45, 2.75) is 38.3 Å². The zero-order valence-corrected chi connectivity index (χ0v) is 10.6. The fourth-order valence-corrected chi connectivity index (χ4v) is 3.43. The highest BCUT2D eigenvalue weighted by molar-refractivity contribution is 5.60. The number of anilines is 1. The molecule has 0 spiro atoms. The summed E-state index contributed by atoms with van der Waals surface area (Å²) in [6.45, 7) is 2.87. The third-order valence-electron chi connectivity index (χ3n) is 4.33. The summed E-state index contributed by atoms with van der Waals surface area (Å²) in [6.07, 6.45) is 3.38. The number of hydrogen-bond acceptors (Lipinski definition) is 3. The number of fused-ring (bicyclic) bond motifs is 2. The lowest BCUT2D eigenvalue weighted by Crippen LogP contribution is -2.32. The Hall–Kier alpha value is -1.53. The SMILES string of the molecule is C[C@H](O)c1ccc(C#N)cc1N1CC2CCC1C2. The van der Waals surface area contributed by atoms with Gasteiger partial charge in [-0.25, -0.2) is 0 Å². The van der Waals surface area contributed by atoms with Crippen molar-refractivity contribution in [1.29, 1.82) is 5.26 Å². The first-order valence-electron chi connectivity index (χ1n) is 6.68. The zero-order valence-electron chi connectivity index (χ0n) is 10.6. The van der Waals surface area contributed by atoms with E-state index in [9.17, 15) is 5.11 Å². The first-order valence-corrected chi connectivity index (χ1v) is 6.68. The average Bonchev–Trinajstić information content (AvgIpc) is 3.00. The van der Waals surface area contributed by atoms with Gasteiger partial charge in [0.2, 0.25) is 0 Å². The molecule has 0 aromatic heterocycles. The maximum absolute atomic E-state index is 9.89. The second kappa shape index (κ2) is 4.29. The van der Waals surface area contributed by atoms with Crippen molar-refractivity contribution >= 4 is 5.69 Å². The van der Waals surface area contributed by atoms with Gasteiger partial charge >= 0.3 is 0 Å². The summed E-state index contributed by atoms with van der Waals surface area (Å²) in [6, 6.07) is 8.42. The third kappa shape index (κ3) is 1.77. The Morgan fingerprint density at radius 2 is 2.28 bits per heavy atom. The van der Waals surface area contributed by atoms with Crippen molar-refractivity contribution in [2.24, 2.45) is 5.92 Å². The van der Waals surface area contributed by atoms with Crippen molar-refractivity contribution < 1.29 is 5.11 Å². The zero-order chi connectivity index (χ0) is 12.7. The summed E-state index contributed by atoms with van der Waals surface area (Å²) in [4.78, 5) is 2.40. The number of nitrogens with zero attached hydrogens (tertiary/aromatic N) is 2. The van der Waals surface area contributed by atoms with Crippen LogP contribution in [0.15, 0.2) is 18.2 Å². The maximum Gasteiger partial charge on any atom is 0.0992 e. The van der Waals surface area contributed by atoms with Gasteiger partial charge in [-0.15, -0.1) is 0 Å². The van der Waals surface area contributed by atoms with E-state index in [1.54, 1.807) is 13.0 Å². The Bertz CT molecular complexity index is 504. The molecule has 2 bridgehead atoms. The molecule has 1 N–H and O–H groups in total. The molecule has 3 atom stereocenters. The Balaban J connectivity index is 2.01. The van der Waals surface area contributed by atoms with Crippen LogP contribution in [-0.4, -0.2) is 17.7 Å². The number of aliphatic hydroxyl groups excluding tert-OH is 1. The standard InChI is InChI=1S/C15H18N2O/c1-10(18)14-5-3-11(8-16)7-15(14)17-9-12-2-4-13(17)6-12/h3,5,7,10,12-13,18H,2,4,6,9H2,1H3/t10-,12?,13?/m0/s1. The Kier molecular flexibility index (Phi) is 2.76. The molecule has 1 aliphatic carbocycles. The highest BCUT2D eigenvalue weighted by Gasteiger charge is 2.38. The smallest absolute Gasteiger partial charge is 0.0992 e. The van der Waals surface area contributed by atoms with E-state index in [-0.39, 0.29) is 0 Å². The van der Waals surface area contributed by atoms with Gasteiger partial charge in [0.1, 0.15) is 0 Å². The highest BCUT2D eigenvalue weighted by Crippen LogP contribution is 2.42. The summed E-state index contributed by atoms with van der Waals surface area (Å²) in [7, 11) is 0. The fraction of sp³-hybridized carbons (Fsp3) is 0.533. The lowest BCUT2D eigenvalue weighted by molar-refractivity contribution is 0.199. The van der Waals surface area contributed by atoms with Crippen LogP contribution in [0, 0.1) is 17.2 Å². The summed E-state index contributed by atoms with van der Waals surface area (Å²) in [5, 5.41) is 18.9. The van der Waals surface area contributed by atoms with Crippen LogP contribution in [0.3, 0.4) is 0 Å². The molecule has 3 heteroatoms. The van der Waals surface area contributed by atoms with Crippen LogP contribution < -0.4 is 4.90 Å². The van der Waals surface area contributed by atoms with Crippen molar-refractivity contribution in [1.82, 2.24) is 0 Å². The van der Waals surface area contributed by atoms with E-state index in [4.69, 9.17) is 5.26 Å². The van der Waals surface area contributed by atoms with Crippen LogP contribution in [0.1, 0.15) is 43.4 Å². The summed E-state index contributed by atoms with van der Waals surface area (Å²) < 4.78 is 0. The minimum atomic E-state index is -0.480. The van der Waals surface area contributed by atoms with E-state index in [1.807, 2.05) is 12.1 Å². The van der Waals surface area contributed by atoms with E-state index in [1.165, 1.54) is 19.3 Å². The minimum absolute atomic E-state index is 0.480. The van der Waals surface area contributed by atoms with Crippen LogP contribution in [0.25, 0.3) is 0 Å². The second-order valence-corrected chi connectivity index (χ2v) is 5.55. The van der Waals surface area contributed by atoms with Crippen LogP contribution in [0.2, 0.25) is 0 Å². The number of piperidine rings is 1. The largest absolute Gasteiger partial charge is 0.389 e. The van der Waals surface area contributed by atoms with Crippen molar-refractivity contribution in [3.63, 3.8) is 0 Å². The Morgan fingerprint density at radius 3 is 2.83 bits per heavy atom. The van der Waals surface area contributed by atoms with Crippen LogP contribution in [0.4, 0.5) is 5.69 Å². The van der Waals surface area contributed by atoms with E-state index < -0.39 is 6.10 Å². The van der Waals surface area contributed by atoms with E-state index >= 15 is 0 Å². The van der Waals surface area contributed by atoms with Crippen molar-refractivity contribution in [3.8, 4) is 6.07 Å². The molecule has 3 rings (SSSR count). The second-order valence-electron chi connectivity index (χ2n) is 5.55. The van der Waals surface area contributed by atoms with Crippen LogP contribution in [0.5, 0.6) is 0 Å². The van der Waals surface area contributed by atoms with Crippen LogP contribution >= 0.6 is 0 Å². The minimum Gasteiger partial charge on any atom is -0.389 e. The Labute approximate surface area is 108 Å². The van der Waals surface area contributed by atoms with Gasteiger partial charge < -0.3 is 10.0 Å². The fourth-order valence-electron chi connectivity index (χ4n) is 3.43. The number of rotatable bonds is 2. The molecule has 1 aromatic rings. The third-order valence-corrected chi connectivity index (χ3v) is 4.33. The molecule has 18 heavy (non-hydrogen) atoms. The quantitative estimate of drug-likeness (QED) is 0.867. The van der Waals surface area contributed by atoms with Gasteiger partial charge in [0.25, 0.3) is 0 Å². The van der Waals surface area contributed by atoms with E-state index in [0.29, 0.717) is 11.6 Å². The lowest BCUT2D eigenvalue weighted by Gasteiger charge is -2.31. The molecule has 0 amide bonds. The average molecular weight is 242 g/mol. The molecule has 2 unspecified atom stereocenters. The van der Waals surface area contributed by atoms with Crippen molar-refractivity contribution in [2.75, 3.05) is 11.4 Å². The molecule has 3 nitrogen and oxygen atoms in total. The van der Waals surface area contributed by atoms with Gasteiger partial charge in [-0.1, -0.05) is 6.07 Å². The number of benzene rings is 1. The molecule has 1 aromatic carbocycles. The van der Waals surface area contributed by atoms with Gasteiger partial charge in [-0.2, -0.15) is 5.26 Å². The maximum atomic E-state index is 9.89. The summed E-state index contributed by atoms with van der Waals surface area (Å²) in [5.74, 6) is 0.808. The van der Waals surface area contributed by atoms with Gasteiger partial charge in [0.05, 0.1) is 17.7 Å². The number of nitriles is 1. The van der Waals surface area contributed by atoms with Gasteiger partial charge in [-0.05, 0) is 44.2 Å². The first-order chi connectivity index (χ1) is 8.69.